The van der Waals surface area contributed by atoms with Crippen LogP contribution in [0, 0.1) is 0 Å². The molecule has 176 valence electrons. The molecule has 0 aliphatic carbocycles. The maximum absolute atomic E-state index is 13.0. The van der Waals surface area contributed by atoms with Crippen molar-refractivity contribution in [3.8, 4) is 0 Å². The van der Waals surface area contributed by atoms with Crippen molar-refractivity contribution in [1.29, 1.82) is 0 Å². The van der Waals surface area contributed by atoms with Crippen molar-refractivity contribution >= 4 is 27.9 Å². The zero-order chi connectivity index (χ0) is 24.2. The van der Waals surface area contributed by atoms with Gasteiger partial charge in [-0.1, -0.05) is 44.2 Å². The lowest BCUT2D eigenvalue weighted by molar-refractivity contribution is -0.125. The average Bonchev–Trinajstić information content (AvgIpc) is 3.12. The molecule has 1 saturated heterocycles. The molecule has 0 spiro atoms. The molecule has 0 saturated carbocycles. The lowest BCUT2D eigenvalue weighted by Crippen LogP contribution is -2.32. The summed E-state index contributed by atoms with van der Waals surface area (Å²) in [7, 11) is -3.55. The highest BCUT2D eigenvalue weighted by atomic mass is 32.2. The molecule has 4 amide bonds. The molecule has 1 fully saturated rings. The Morgan fingerprint density at radius 3 is 2.30 bits per heavy atom. The van der Waals surface area contributed by atoms with Gasteiger partial charge in [-0.25, -0.2) is 13.2 Å². The smallest absolute Gasteiger partial charge is 0.324 e. The Morgan fingerprint density at radius 2 is 1.73 bits per heavy atom. The second-order valence-corrected chi connectivity index (χ2v) is 9.59. The molecule has 0 aromatic heterocycles. The largest absolute Gasteiger partial charge is 0.346 e. The normalized spacial score (nSPS) is 15.0. The second-order valence-electron chi connectivity index (χ2n) is 7.65. The Kier molecular flexibility index (Phi) is 7.50. The fourth-order valence-electron chi connectivity index (χ4n) is 3.66. The van der Waals surface area contributed by atoms with Crippen molar-refractivity contribution in [3.05, 3.63) is 65.2 Å². The van der Waals surface area contributed by atoms with E-state index in [4.69, 9.17) is 0 Å². The van der Waals surface area contributed by atoms with E-state index in [1.165, 1.54) is 16.4 Å². The van der Waals surface area contributed by atoms with Crippen molar-refractivity contribution in [2.24, 2.45) is 0 Å². The standard InChI is InChI=1S/C23H28N4O5S/c1-4-26(5-2)33(31,32)19-12-10-17(11-13-19)16(3)25-22(29)20-9-7-6-8-18(20)15-27-21(28)14-24-23(27)30/h6-13,16H,4-5,14-15H2,1-3H3,(H,24,30)(H,25,29). The van der Waals surface area contributed by atoms with Crippen LogP contribution in [0.4, 0.5) is 4.79 Å². The van der Waals surface area contributed by atoms with Gasteiger partial charge in [0.1, 0.15) is 0 Å². The molecule has 1 unspecified atom stereocenters. The van der Waals surface area contributed by atoms with Crippen LogP contribution in [0.1, 0.15) is 48.3 Å². The van der Waals surface area contributed by atoms with Crippen LogP contribution in [-0.4, -0.2) is 55.1 Å². The lowest BCUT2D eigenvalue weighted by Gasteiger charge is -2.20. The van der Waals surface area contributed by atoms with E-state index in [9.17, 15) is 22.8 Å². The third kappa shape index (κ3) is 5.23. The molecule has 1 heterocycles. The number of hydrogen-bond donors (Lipinski definition) is 2. The van der Waals surface area contributed by atoms with Crippen molar-refractivity contribution in [2.45, 2.75) is 38.3 Å². The van der Waals surface area contributed by atoms with Crippen LogP contribution in [0.15, 0.2) is 53.4 Å². The van der Waals surface area contributed by atoms with E-state index in [0.29, 0.717) is 24.2 Å². The number of carbonyl (C=O) groups excluding carboxylic acids is 3. The fourth-order valence-corrected chi connectivity index (χ4v) is 5.12. The highest BCUT2D eigenvalue weighted by Gasteiger charge is 2.29. The van der Waals surface area contributed by atoms with E-state index >= 15 is 0 Å². The SMILES string of the molecule is CCN(CC)S(=O)(=O)c1ccc(C(C)NC(=O)c2ccccc2CN2C(=O)CNC2=O)cc1. The number of rotatable bonds is 9. The first kappa shape index (κ1) is 24.4. The van der Waals surface area contributed by atoms with Gasteiger partial charge < -0.3 is 10.6 Å². The number of nitrogens with one attached hydrogen (secondary N) is 2. The molecule has 1 atom stereocenters. The first-order valence-electron chi connectivity index (χ1n) is 10.8. The zero-order valence-electron chi connectivity index (χ0n) is 18.9. The zero-order valence-corrected chi connectivity index (χ0v) is 19.7. The summed E-state index contributed by atoms with van der Waals surface area (Å²) in [6.07, 6.45) is 0. The van der Waals surface area contributed by atoms with Crippen molar-refractivity contribution in [2.75, 3.05) is 19.6 Å². The van der Waals surface area contributed by atoms with Crippen molar-refractivity contribution < 1.29 is 22.8 Å². The molecule has 1 aliphatic heterocycles. The Bertz CT molecular complexity index is 1130. The van der Waals surface area contributed by atoms with Gasteiger partial charge in [0, 0.05) is 18.7 Å². The second kappa shape index (κ2) is 10.1. The predicted molar refractivity (Wildman–Crippen MR) is 123 cm³/mol. The van der Waals surface area contributed by atoms with Gasteiger partial charge >= 0.3 is 6.03 Å². The van der Waals surface area contributed by atoms with E-state index in [1.807, 2.05) is 0 Å². The third-order valence-corrected chi connectivity index (χ3v) is 7.66. The van der Waals surface area contributed by atoms with Gasteiger partial charge in [0.2, 0.25) is 15.9 Å². The summed E-state index contributed by atoms with van der Waals surface area (Å²) in [4.78, 5) is 38.0. The first-order valence-corrected chi connectivity index (χ1v) is 12.2. The third-order valence-electron chi connectivity index (χ3n) is 5.60. The molecule has 3 rings (SSSR count). The van der Waals surface area contributed by atoms with E-state index in [2.05, 4.69) is 10.6 Å². The molecular formula is C23H28N4O5S. The van der Waals surface area contributed by atoms with Crippen LogP contribution >= 0.6 is 0 Å². The van der Waals surface area contributed by atoms with Gasteiger partial charge in [-0.05, 0) is 36.2 Å². The maximum Gasteiger partial charge on any atom is 0.324 e. The minimum Gasteiger partial charge on any atom is -0.346 e. The Morgan fingerprint density at radius 1 is 1.09 bits per heavy atom. The minimum absolute atomic E-state index is 0.000550. The Labute approximate surface area is 193 Å². The molecule has 1 aliphatic rings. The van der Waals surface area contributed by atoms with E-state index < -0.39 is 22.1 Å². The van der Waals surface area contributed by atoms with Gasteiger partial charge in [-0.2, -0.15) is 4.31 Å². The van der Waals surface area contributed by atoms with E-state index in [0.717, 1.165) is 10.5 Å². The molecule has 9 nitrogen and oxygen atoms in total. The molecule has 0 bridgehead atoms. The van der Waals surface area contributed by atoms with E-state index in [1.54, 1.807) is 57.2 Å². The minimum atomic E-state index is -3.55. The highest BCUT2D eigenvalue weighted by Crippen LogP contribution is 2.21. The number of urea groups is 1. The number of imide groups is 1. The summed E-state index contributed by atoms with van der Waals surface area (Å²) in [5, 5.41) is 5.36. The molecule has 2 N–H and O–H groups in total. The molecule has 2 aromatic rings. The van der Waals surface area contributed by atoms with Crippen LogP contribution in [-0.2, 0) is 21.4 Å². The number of sulfonamides is 1. The summed E-state index contributed by atoms with van der Waals surface area (Å²) in [5.41, 5.74) is 1.65. The Hall–Kier alpha value is -3.24. The van der Waals surface area contributed by atoms with Crippen LogP contribution in [0.5, 0.6) is 0 Å². The fraction of sp³-hybridized carbons (Fsp3) is 0.348. The number of carbonyl (C=O) groups is 3. The van der Waals surface area contributed by atoms with Gasteiger partial charge in [0.05, 0.1) is 24.0 Å². The summed E-state index contributed by atoms with van der Waals surface area (Å²) >= 11 is 0. The topological polar surface area (TPSA) is 116 Å². The number of benzene rings is 2. The molecule has 33 heavy (non-hydrogen) atoms. The number of amides is 4. The van der Waals surface area contributed by atoms with Crippen LogP contribution in [0.3, 0.4) is 0 Å². The summed E-state index contributed by atoms with van der Waals surface area (Å²) < 4.78 is 26.7. The van der Waals surface area contributed by atoms with Crippen LogP contribution in [0.25, 0.3) is 0 Å². The Balaban J connectivity index is 1.74. The summed E-state index contributed by atoms with van der Waals surface area (Å²) in [6.45, 7) is 6.10. The number of hydrogen-bond acceptors (Lipinski definition) is 5. The van der Waals surface area contributed by atoms with Crippen molar-refractivity contribution in [1.82, 2.24) is 19.8 Å². The molecular weight excluding hydrogens is 444 g/mol. The number of nitrogens with zero attached hydrogens (tertiary/aromatic N) is 2. The van der Waals surface area contributed by atoms with Gasteiger partial charge in [0.25, 0.3) is 5.91 Å². The maximum atomic E-state index is 13.0. The van der Waals surface area contributed by atoms with Gasteiger partial charge in [-0.3, -0.25) is 14.5 Å². The quantitative estimate of drug-likeness (QED) is 0.543. The average molecular weight is 473 g/mol. The van der Waals surface area contributed by atoms with Crippen LogP contribution < -0.4 is 10.6 Å². The molecule has 2 aromatic carbocycles. The van der Waals surface area contributed by atoms with E-state index in [-0.39, 0.29) is 29.8 Å². The highest BCUT2D eigenvalue weighted by molar-refractivity contribution is 7.89. The van der Waals surface area contributed by atoms with Crippen molar-refractivity contribution in [3.63, 3.8) is 0 Å². The van der Waals surface area contributed by atoms with Gasteiger partial charge in [0.15, 0.2) is 0 Å². The lowest BCUT2D eigenvalue weighted by atomic mass is 10.0. The predicted octanol–water partition coefficient (Wildman–Crippen LogP) is 2.26. The summed E-state index contributed by atoms with van der Waals surface area (Å²) in [6, 6.07) is 12.3. The first-order chi connectivity index (χ1) is 15.7. The molecule has 0 radical (unpaired) electrons. The monoisotopic (exact) mass is 472 g/mol. The molecule has 10 heteroatoms. The summed E-state index contributed by atoms with van der Waals surface area (Å²) in [5.74, 6) is -0.701. The van der Waals surface area contributed by atoms with Gasteiger partial charge in [-0.15, -0.1) is 0 Å². The van der Waals surface area contributed by atoms with Crippen LogP contribution in [0.2, 0.25) is 0 Å².